The Morgan fingerprint density at radius 1 is 0.978 bits per heavy atom. The van der Waals surface area contributed by atoms with Crippen molar-refractivity contribution in [2.45, 2.75) is 65.0 Å². The highest BCUT2D eigenvalue weighted by Gasteiger charge is 2.29. The zero-order valence-electron chi connectivity index (χ0n) is 26.3. The van der Waals surface area contributed by atoms with Crippen molar-refractivity contribution in [1.29, 1.82) is 0 Å². The van der Waals surface area contributed by atoms with Gasteiger partial charge in [-0.3, -0.25) is 4.79 Å². The monoisotopic (exact) mass is 608 g/mol. The van der Waals surface area contributed by atoms with E-state index >= 15 is 0 Å². The van der Waals surface area contributed by atoms with Crippen LogP contribution in [0.5, 0.6) is 11.6 Å². The number of carbonyl (C=O) groups excluding carboxylic acids is 2. The molecule has 2 aromatic heterocycles. The largest absolute Gasteiger partial charge is 0.444 e. The lowest BCUT2D eigenvalue weighted by atomic mass is 10.0. The Balaban J connectivity index is 1.22. The highest BCUT2D eigenvalue weighted by atomic mass is 16.6. The zero-order valence-corrected chi connectivity index (χ0v) is 26.3. The summed E-state index contributed by atoms with van der Waals surface area (Å²) in [5.41, 5.74) is 2.70. The van der Waals surface area contributed by atoms with Gasteiger partial charge in [0.2, 0.25) is 11.8 Å². The van der Waals surface area contributed by atoms with Gasteiger partial charge >= 0.3 is 6.09 Å². The molecule has 0 radical (unpaired) electrons. The molecule has 2 aromatic carbocycles. The van der Waals surface area contributed by atoms with Crippen LogP contribution >= 0.6 is 0 Å². The van der Waals surface area contributed by atoms with Gasteiger partial charge in [-0.2, -0.15) is 0 Å². The number of likely N-dealkylation sites (tertiary alicyclic amines) is 1. The maximum Gasteiger partial charge on any atom is 0.410 e. The molecule has 1 aliphatic carbocycles. The zero-order chi connectivity index (χ0) is 31.6. The van der Waals surface area contributed by atoms with Crippen LogP contribution in [0.1, 0.15) is 52.0 Å². The van der Waals surface area contributed by atoms with Crippen molar-refractivity contribution in [2.75, 3.05) is 30.3 Å². The number of ketones is 1. The molecule has 1 atom stereocenters. The Labute approximate surface area is 263 Å². The minimum atomic E-state index is -0.544. The van der Waals surface area contributed by atoms with Crippen molar-refractivity contribution >= 4 is 34.3 Å². The Bertz CT molecular complexity index is 1710. The van der Waals surface area contributed by atoms with E-state index in [1.807, 2.05) is 70.2 Å². The van der Waals surface area contributed by atoms with Crippen LogP contribution in [-0.4, -0.2) is 63.0 Å². The number of anilines is 2. The van der Waals surface area contributed by atoms with Crippen LogP contribution in [-0.2, 0) is 9.53 Å². The number of Topliss-reactive ketones (excluding diaryl/α,β-unsaturated/α-hetero) is 1. The van der Waals surface area contributed by atoms with E-state index in [-0.39, 0.29) is 23.8 Å². The Morgan fingerprint density at radius 2 is 1.82 bits per heavy atom. The molecule has 2 fully saturated rings. The molecule has 1 saturated heterocycles. The van der Waals surface area contributed by atoms with Gasteiger partial charge in [-0.25, -0.2) is 19.7 Å². The number of nitrogens with one attached hydrogen (secondary N) is 2. The SMILES string of the molecule is Cc1ccc2c(NCC(=O)C3CC3)cccc2c1Oc1ncccc1-c1ccnc(NC2CCCN(C(=O)OC(C)(C)C)C2)n1. The van der Waals surface area contributed by atoms with Crippen LogP contribution in [0.15, 0.2) is 60.9 Å². The summed E-state index contributed by atoms with van der Waals surface area (Å²) in [5, 5.41) is 8.65. The molecule has 6 rings (SSSR count). The normalized spacial score (nSPS) is 16.7. The van der Waals surface area contributed by atoms with Crippen molar-refractivity contribution in [3.05, 3.63) is 66.5 Å². The maximum absolute atomic E-state index is 12.7. The molecule has 234 valence electrons. The lowest BCUT2D eigenvalue weighted by Gasteiger charge is -2.34. The predicted octanol–water partition coefficient (Wildman–Crippen LogP) is 6.99. The fourth-order valence-corrected chi connectivity index (χ4v) is 5.57. The van der Waals surface area contributed by atoms with Gasteiger partial charge in [-0.15, -0.1) is 0 Å². The fraction of sp³-hybridized carbons (Fsp3) is 0.400. The van der Waals surface area contributed by atoms with Gasteiger partial charge in [0, 0.05) is 53.9 Å². The number of rotatable bonds is 9. The van der Waals surface area contributed by atoms with E-state index in [0.717, 1.165) is 53.3 Å². The summed E-state index contributed by atoms with van der Waals surface area (Å²) in [5.74, 6) is 2.06. The molecule has 1 saturated carbocycles. The van der Waals surface area contributed by atoms with Crippen LogP contribution in [0.25, 0.3) is 22.0 Å². The molecule has 3 heterocycles. The van der Waals surface area contributed by atoms with Gasteiger partial charge in [0.1, 0.15) is 11.4 Å². The Morgan fingerprint density at radius 3 is 2.62 bits per heavy atom. The first-order valence-electron chi connectivity index (χ1n) is 15.6. The summed E-state index contributed by atoms with van der Waals surface area (Å²) < 4.78 is 12.1. The van der Waals surface area contributed by atoms with Crippen molar-refractivity contribution in [2.24, 2.45) is 5.92 Å². The van der Waals surface area contributed by atoms with E-state index in [9.17, 15) is 9.59 Å². The van der Waals surface area contributed by atoms with E-state index in [0.29, 0.717) is 42.9 Å². The van der Waals surface area contributed by atoms with Gasteiger partial charge in [0.05, 0.1) is 17.8 Å². The van der Waals surface area contributed by atoms with E-state index < -0.39 is 5.60 Å². The molecular formula is C35H40N6O4. The summed E-state index contributed by atoms with van der Waals surface area (Å²) in [6, 6.07) is 15.7. The first-order valence-corrected chi connectivity index (χ1v) is 15.6. The number of benzene rings is 2. The molecule has 0 bridgehead atoms. The van der Waals surface area contributed by atoms with Crippen molar-refractivity contribution < 1.29 is 19.1 Å². The summed E-state index contributed by atoms with van der Waals surface area (Å²) >= 11 is 0. The first-order chi connectivity index (χ1) is 21.6. The van der Waals surface area contributed by atoms with Gasteiger partial charge < -0.3 is 25.0 Å². The molecule has 1 aliphatic heterocycles. The predicted molar refractivity (Wildman–Crippen MR) is 175 cm³/mol. The van der Waals surface area contributed by atoms with E-state index in [2.05, 4.69) is 26.7 Å². The number of hydrogen-bond donors (Lipinski definition) is 2. The first kappa shape index (κ1) is 30.3. The van der Waals surface area contributed by atoms with Crippen molar-refractivity contribution in [3.63, 3.8) is 0 Å². The third kappa shape index (κ3) is 7.33. The Hall–Kier alpha value is -4.73. The van der Waals surface area contributed by atoms with Crippen LogP contribution in [0, 0.1) is 12.8 Å². The molecule has 1 amide bonds. The number of aromatic nitrogens is 3. The Kier molecular flexibility index (Phi) is 8.56. The number of ether oxygens (including phenoxy) is 2. The quantitative estimate of drug-likeness (QED) is 0.207. The lowest BCUT2D eigenvalue weighted by molar-refractivity contribution is -0.118. The highest BCUT2D eigenvalue weighted by Crippen LogP contribution is 2.39. The molecule has 2 N–H and O–H groups in total. The minimum absolute atomic E-state index is 0.00755. The molecule has 1 unspecified atom stereocenters. The standard InChI is InChI=1S/C35H40N6O4/c1-22-12-15-25-26(9-5-11-28(25)38-20-30(42)23-13-14-23)31(22)44-32-27(10-6-17-36-32)29-16-18-37-33(40-29)39-24-8-7-19-41(21-24)34(43)45-35(2,3)4/h5-6,9-12,15-18,23-24,38H,7-8,13-14,19-21H2,1-4H3,(H,37,39,40). The number of pyridine rings is 1. The minimum Gasteiger partial charge on any atom is -0.444 e. The molecular weight excluding hydrogens is 568 g/mol. The summed E-state index contributed by atoms with van der Waals surface area (Å²) in [6.07, 6.45) is 6.84. The molecule has 45 heavy (non-hydrogen) atoms. The molecule has 10 heteroatoms. The molecule has 4 aromatic rings. The molecule has 2 aliphatic rings. The van der Waals surface area contributed by atoms with Gasteiger partial charge in [-0.1, -0.05) is 24.3 Å². The second-order valence-corrected chi connectivity index (χ2v) is 12.8. The van der Waals surface area contributed by atoms with Crippen molar-refractivity contribution in [1.82, 2.24) is 19.9 Å². The van der Waals surface area contributed by atoms with E-state index in [4.69, 9.17) is 14.5 Å². The van der Waals surface area contributed by atoms with E-state index in [1.54, 1.807) is 17.3 Å². The van der Waals surface area contributed by atoms with Crippen molar-refractivity contribution in [3.8, 4) is 22.9 Å². The average molecular weight is 609 g/mol. The number of piperidine rings is 1. The van der Waals surface area contributed by atoms with Gasteiger partial charge in [-0.05, 0) is 83.2 Å². The second-order valence-electron chi connectivity index (χ2n) is 12.8. The van der Waals surface area contributed by atoms with Gasteiger partial charge in [0.15, 0.2) is 5.78 Å². The summed E-state index contributed by atoms with van der Waals surface area (Å²) in [4.78, 5) is 40.6. The molecule has 10 nitrogen and oxygen atoms in total. The number of amides is 1. The van der Waals surface area contributed by atoms with E-state index in [1.165, 1.54) is 0 Å². The number of hydrogen-bond acceptors (Lipinski definition) is 9. The third-order valence-corrected chi connectivity index (χ3v) is 8.00. The number of fused-ring (bicyclic) bond motifs is 1. The summed E-state index contributed by atoms with van der Waals surface area (Å²) in [7, 11) is 0. The maximum atomic E-state index is 12.7. The van der Waals surface area contributed by atoms with Crippen LogP contribution in [0.2, 0.25) is 0 Å². The number of nitrogens with zero attached hydrogens (tertiary/aromatic N) is 4. The van der Waals surface area contributed by atoms with Gasteiger partial charge in [0.25, 0.3) is 0 Å². The highest BCUT2D eigenvalue weighted by molar-refractivity contribution is 6.00. The third-order valence-electron chi connectivity index (χ3n) is 8.00. The number of aryl methyl sites for hydroxylation is 1. The van der Waals surface area contributed by atoms with Crippen LogP contribution in [0.3, 0.4) is 0 Å². The molecule has 0 spiro atoms. The number of carbonyl (C=O) groups is 2. The lowest BCUT2D eigenvalue weighted by Crippen LogP contribution is -2.47. The second kappa shape index (κ2) is 12.7. The fourth-order valence-electron chi connectivity index (χ4n) is 5.57. The van der Waals surface area contributed by atoms with Crippen LogP contribution in [0.4, 0.5) is 16.4 Å². The summed E-state index contributed by atoms with van der Waals surface area (Å²) in [6.45, 7) is 9.11. The smallest absolute Gasteiger partial charge is 0.410 e. The average Bonchev–Trinajstić information content (AvgIpc) is 3.87. The van der Waals surface area contributed by atoms with Crippen LogP contribution < -0.4 is 15.4 Å². The topological polar surface area (TPSA) is 119 Å².